The number of aromatic nitrogens is 2. The summed E-state index contributed by atoms with van der Waals surface area (Å²) in [5.41, 5.74) is 3.06. The van der Waals surface area contributed by atoms with Crippen molar-refractivity contribution in [2.75, 3.05) is 23.8 Å². The van der Waals surface area contributed by atoms with Crippen molar-refractivity contribution >= 4 is 33.9 Å². The number of carbonyl (C=O) groups excluding carboxylic acids is 2. The molecule has 0 radical (unpaired) electrons. The lowest BCUT2D eigenvalue weighted by Gasteiger charge is -2.09. The van der Waals surface area contributed by atoms with Gasteiger partial charge in [0.1, 0.15) is 10.7 Å². The number of nitrogens with zero attached hydrogens (tertiary/aromatic N) is 2. The molecule has 0 atom stereocenters. The molecule has 0 saturated heterocycles. The largest absolute Gasteiger partial charge is 0.462 e. The van der Waals surface area contributed by atoms with Gasteiger partial charge in [-0.15, -0.1) is 11.3 Å². The SMILES string of the molecule is CCOC(=O)c1c(NC(=O)CNc2c(C)n(C)n(-c3ccccc3)c2=O)sc2c1CCC2. The maximum Gasteiger partial charge on any atom is 0.341 e. The molecule has 32 heavy (non-hydrogen) atoms. The Morgan fingerprint density at radius 3 is 2.66 bits per heavy atom. The predicted octanol–water partition coefficient (Wildman–Crippen LogP) is 3.26. The van der Waals surface area contributed by atoms with Gasteiger partial charge in [-0.25, -0.2) is 9.48 Å². The van der Waals surface area contributed by atoms with Gasteiger partial charge in [0, 0.05) is 11.9 Å². The highest BCUT2D eigenvalue weighted by molar-refractivity contribution is 7.17. The van der Waals surface area contributed by atoms with Crippen molar-refractivity contribution in [3.63, 3.8) is 0 Å². The number of esters is 1. The first-order valence-corrected chi connectivity index (χ1v) is 11.4. The monoisotopic (exact) mass is 454 g/mol. The van der Waals surface area contributed by atoms with Crippen LogP contribution < -0.4 is 16.2 Å². The van der Waals surface area contributed by atoms with Gasteiger partial charge in [-0.2, -0.15) is 0 Å². The number of aryl methyl sites for hydroxylation is 1. The van der Waals surface area contributed by atoms with E-state index in [4.69, 9.17) is 4.74 Å². The summed E-state index contributed by atoms with van der Waals surface area (Å²) in [6.45, 7) is 3.76. The van der Waals surface area contributed by atoms with Crippen molar-refractivity contribution in [3.05, 3.63) is 62.4 Å². The van der Waals surface area contributed by atoms with Crippen molar-refractivity contribution < 1.29 is 14.3 Å². The number of hydrogen-bond donors (Lipinski definition) is 2. The fraction of sp³-hybridized carbons (Fsp3) is 0.348. The van der Waals surface area contributed by atoms with Gasteiger partial charge >= 0.3 is 5.97 Å². The summed E-state index contributed by atoms with van der Waals surface area (Å²) in [6.07, 6.45) is 2.73. The second-order valence-electron chi connectivity index (χ2n) is 7.62. The number of anilines is 2. The number of thiophene rings is 1. The van der Waals surface area contributed by atoms with E-state index in [0.717, 1.165) is 35.4 Å². The second kappa shape index (κ2) is 9.04. The first kappa shape index (κ1) is 21.9. The number of benzene rings is 1. The van der Waals surface area contributed by atoms with Gasteiger partial charge in [-0.1, -0.05) is 18.2 Å². The molecule has 4 rings (SSSR count). The van der Waals surface area contributed by atoms with Crippen molar-refractivity contribution in [1.29, 1.82) is 0 Å². The normalized spacial score (nSPS) is 12.5. The second-order valence-corrected chi connectivity index (χ2v) is 8.73. The molecule has 0 saturated carbocycles. The Bertz CT molecular complexity index is 1220. The number of nitrogens with one attached hydrogen (secondary N) is 2. The van der Waals surface area contributed by atoms with Gasteiger partial charge in [0.25, 0.3) is 5.56 Å². The zero-order valence-corrected chi connectivity index (χ0v) is 19.2. The van der Waals surface area contributed by atoms with E-state index in [2.05, 4.69) is 10.6 Å². The molecular formula is C23H26N4O4S. The molecule has 0 fully saturated rings. The average Bonchev–Trinajstić information content (AvgIpc) is 3.40. The average molecular weight is 455 g/mol. The maximum atomic E-state index is 13.0. The Hall–Kier alpha value is -3.33. The first-order chi connectivity index (χ1) is 15.4. The lowest BCUT2D eigenvalue weighted by molar-refractivity contribution is -0.114. The molecule has 0 bridgehead atoms. The minimum atomic E-state index is -0.403. The van der Waals surface area contributed by atoms with E-state index in [-0.39, 0.29) is 24.6 Å². The van der Waals surface area contributed by atoms with Gasteiger partial charge in [-0.05, 0) is 50.8 Å². The third-order valence-corrected chi connectivity index (χ3v) is 6.84. The fourth-order valence-electron chi connectivity index (χ4n) is 4.02. The van der Waals surface area contributed by atoms with Gasteiger partial charge in [0.05, 0.1) is 30.1 Å². The van der Waals surface area contributed by atoms with E-state index in [0.29, 0.717) is 21.9 Å². The van der Waals surface area contributed by atoms with Gasteiger partial charge in [-0.3, -0.25) is 14.3 Å². The molecule has 1 aromatic carbocycles. The summed E-state index contributed by atoms with van der Waals surface area (Å²) in [5, 5.41) is 6.34. The highest BCUT2D eigenvalue weighted by atomic mass is 32.1. The molecule has 1 amide bonds. The summed E-state index contributed by atoms with van der Waals surface area (Å²) < 4.78 is 8.51. The smallest absolute Gasteiger partial charge is 0.341 e. The van der Waals surface area contributed by atoms with Crippen LogP contribution in [-0.4, -0.2) is 34.4 Å². The number of amides is 1. The zero-order valence-electron chi connectivity index (χ0n) is 18.4. The molecule has 0 spiro atoms. The lowest BCUT2D eigenvalue weighted by atomic mass is 10.1. The number of ether oxygens (including phenoxy) is 1. The summed E-state index contributed by atoms with van der Waals surface area (Å²) in [6, 6.07) is 9.32. The molecule has 168 valence electrons. The molecular weight excluding hydrogens is 428 g/mol. The van der Waals surface area contributed by atoms with Crippen LogP contribution in [0.1, 0.15) is 39.8 Å². The standard InChI is InChI=1S/C23H26N4O4S/c1-4-31-23(30)19-16-11-8-12-17(16)32-21(19)25-18(28)13-24-20-14(2)26(3)27(22(20)29)15-9-6-5-7-10-15/h5-7,9-10,24H,4,8,11-13H2,1-3H3,(H,25,28). The van der Waals surface area contributed by atoms with Gasteiger partial charge < -0.3 is 15.4 Å². The van der Waals surface area contributed by atoms with Gasteiger partial charge in [0.2, 0.25) is 5.91 Å². The van der Waals surface area contributed by atoms with Crippen molar-refractivity contribution in [1.82, 2.24) is 9.36 Å². The van der Waals surface area contributed by atoms with E-state index < -0.39 is 5.97 Å². The Morgan fingerprint density at radius 2 is 1.94 bits per heavy atom. The highest BCUT2D eigenvalue weighted by Gasteiger charge is 2.28. The van der Waals surface area contributed by atoms with Crippen molar-refractivity contribution in [2.24, 2.45) is 7.05 Å². The maximum absolute atomic E-state index is 13.0. The van der Waals surface area contributed by atoms with Gasteiger partial charge in [0.15, 0.2) is 0 Å². The van der Waals surface area contributed by atoms with Crippen LogP contribution in [0, 0.1) is 6.92 Å². The van der Waals surface area contributed by atoms with Crippen LogP contribution in [0.3, 0.4) is 0 Å². The van der Waals surface area contributed by atoms with E-state index in [1.165, 1.54) is 11.3 Å². The van der Waals surface area contributed by atoms with Crippen LogP contribution in [0.5, 0.6) is 0 Å². The summed E-state index contributed by atoms with van der Waals surface area (Å²) in [4.78, 5) is 39.3. The summed E-state index contributed by atoms with van der Waals surface area (Å²) >= 11 is 1.43. The first-order valence-electron chi connectivity index (χ1n) is 10.6. The highest BCUT2D eigenvalue weighted by Crippen LogP contribution is 2.39. The van der Waals surface area contributed by atoms with Crippen molar-refractivity contribution in [3.8, 4) is 5.69 Å². The van der Waals surface area contributed by atoms with E-state index in [1.54, 1.807) is 23.3 Å². The molecule has 1 aliphatic rings. The minimum Gasteiger partial charge on any atom is -0.462 e. The third-order valence-electron chi connectivity index (χ3n) is 5.63. The Labute approximate surface area is 189 Å². The lowest BCUT2D eigenvalue weighted by Crippen LogP contribution is -2.26. The number of rotatable bonds is 7. The number of para-hydroxylation sites is 1. The van der Waals surface area contributed by atoms with E-state index in [9.17, 15) is 14.4 Å². The molecule has 3 aromatic rings. The zero-order chi connectivity index (χ0) is 22.8. The molecule has 8 nitrogen and oxygen atoms in total. The number of fused-ring (bicyclic) bond motifs is 1. The van der Waals surface area contributed by atoms with E-state index in [1.807, 2.05) is 37.3 Å². The Balaban J connectivity index is 1.52. The third kappa shape index (κ3) is 3.95. The van der Waals surface area contributed by atoms with Crippen molar-refractivity contribution in [2.45, 2.75) is 33.1 Å². The summed E-state index contributed by atoms with van der Waals surface area (Å²) in [7, 11) is 1.80. The fourth-order valence-corrected chi connectivity index (χ4v) is 5.32. The molecule has 2 aromatic heterocycles. The number of carbonyl (C=O) groups is 2. The minimum absolute atomic E-state index is 0.0975. The van der Waals surface area contributed by atoms with E-state index >= 15 is 0 Å². The van der Waals surface area contributed by atoms with Crippen LogP contribution >= 0.6 is 11.3 Å². The number of hydrogen-bond acceptors (Lipinski definition) is 6. The molecule has 2 heterocycles. The Kier molecular flexibility index (Phi) is 6.18. The predicted molar refractivity (Wildman–Crippen MR) is 125 cm³/mol. The Morgan fingerprint density at radius 1 is 1.19 bits per heavy atom. The molecule has 0 aliphatic heterocycles. The molecule has 0 unspecified atom stereocenters. The van der Waals surface area contributed by atoms with Crippen LogP contribution in [0.2, 0.25) is 0 Å². The topological polar surface area (TPSA) is 94.4 Å². The van der Waals surface area contributed by atoms with Crippen LogP contribution in [0.4, 0.5) is 10.7 Å². The molecule has 2 N–H and O–H groups in total. The van der Waals surface area contributed by atoms with Crippen LogP contribution in [0.15, 0.2) is 35.1 Å². The summed E-state index contributed by atoms with van der Waals surface area (Å²) in [5.74, 6) is -0.732. The van der Waals surface area contributed by atoms with Crippen LogP contribution in [0.25, 0.3) is 5.69 Å². The quantitative estimate of drug-likeness (QED) is 0.535. The molecule has 9 heteroatoms. The van der Waals surface area contributed by atoms with Crippen LogP contribution in [-0.2, 0) is 29.4 Å². The molecule has 1 aliphatic carbocycles.